The molecule has 5 nitrogen and oxygen atoms in total. The number of aryl methyl sites for hydroxylation is 2. The molecule has 0 aliphatic carbocycles. The first-order chi connectivity index (χ1) is 16.4. The Kier molecular flexibility index (Phi) is 7.95. The molecule has 0 amide bonds. The molecule has 4 aromatic rings. The molecule has 34 heavy (non-hydrogen) atoms. The molecule has 0 bridgehead atoms. The molecule has 0 N–H and O–H groups in total. The first-order valence-electron chi connectivity index (χ1n) is 11.2. The van der Waals surface area contributed by atoms with Gasteiger partial charge in [-0.3, -0.25) is 4.79 Å². The zero-order valence-corrected chi connectivity index (χ0v) is 22.3. The summed E-state index contributed by atoms with van der Waals surface area (Å²) < 4.78 is 9.05. The first kappa shape index (κ1) is 24.4. The maximum Gasteiger partial charge on any atom is 0.282 e. The van der Waals surface area contributed by atoms with Crippen LogP contribution in [0.15, 0.2) is 79.5 Å². The Morgan fingerprint density at radius 2 is 1.94 bits per heavy atom. The van der Waals surface area contributed by atoms with E-state index in [1.165, 1.54) is 10.2 Å². The zero-order valence-electron chi connectivity index (χ0n) is 19.1. The molecule has 0 radical (unpaired) electrons. The lowest BCUT2D eigenvalue weighted by Crippen LogP contribution is -2.22. The average molecular weight is 583 g/mol. The van der Waals surface area contributed by atoms with Gasteiger partial charge >= 0.3 is 0 Å². The van der Waals surface area contributed by atoms with Gasteiger partial charge in [0.05, 0.1) is 21.6 Å². The minimum atomic E-state index is -0.175. The Morgan fingerprint density at radius 3 is 2.71 bits per heavy atom. The molecule has 4 rings (SSSR count). The van der Waals surface area contributed by atoms with Gasteiger partial charge in [0.25, 0.3) is 5.56 Å². The van der Waals surface area contributed by atoms with Crippen molar-refractivity contribution in [2.45, 2.75) is 39.7 Å². The Labute approximate surface area is 215 Å². The summed E-state index contributed by atoms with van der Waals surface area (Å²) in [4.78, 5) is 17.9. The summed E-state index contributed by atoms with van der Waals surface area (Å²) in [5, 5.41) is 5.06. The molecule has 0 fully saturated rings. The third-order valence-electron chi connectivity index (χ3n) is 5.38. The van der Waals surface area contributed by atoms with Crippen molar-refractivity contribution in [3.63, 3.8) is 0 Å². The van der Waals surface area contributed by atoms with E-state index >= 15 is 0 Å². The highest BCUT2D eigenvalue weighted by Gasteiger charge is 2.11. The lowest BCUT2D eigenvalue weighted by molar-refractivity contribution is 0.304. The van der Waals surface area contributed by atoms with E-state index in [1.807, 2.05) is 42.5 Å². The number of ether oxygens (including phenoxy) is 1. The van der Waals surface area contributed by atoms with Crippen LogP contribution < -0.4 is 10.3 Å². The number of halogens is 2. The smallest absolute Gasteiger partial charge is 0.282 e. The third kappa shape index (κ3) is 5.83. The van der Waals surface area contributed by atoms with Gasteiger partial charge in [-0.15, -0.1) is 0 Å². The summed E-state index contributed by atoms with van der Waals surface area (Å²) in [6.07, 6.45) is 4.30. The third-order valence-corrected chi connectivity index (χ3v) is 6.50. The lowest BCUT2D eigenvalue weighted by Gasteiger charge is -2.10. The largest absolute Gasteiger partial charge is 0.488 e. The number of hydrogen-bond donors (Lipinski definition) is 0. The van der Waals surface area contributed by atoms with Crippen LogP contribution in [0.4, 0.5) is 0 Å². The fourth-order valence-corrected chi connectivity index (χ4v) is 4.48. The van der Waals surface area contributed by atoms with Crippen molar-refractivity contribution in [2.24, 2.45) is 5.10 Å². The number of fused-ring (bicyclic) bond motifs is 1. The Balaban J connectivity index is 1.60. The number of benzene rings is 3. The summed E-state index contributed by atoms with van der Waals surface area (Å²) >= 11 is 7.03. The lowest BCUT2D eigenvalue weighted by atomic mass is 10.1. The van der Waals surface area contributed by atoms with Crippen molar-refractivity contribution in [2.75, 3.05) is 0 Å². The standard InChI is InChI=1S/C27H25Br2N3O2/c1-3-4-8-26-31-24-11-10-21(28)15-22(24)27(33)32(26)30-16-19-9-12-25(23(29)14-19)34-17-20-7-5-6-18(2)13-20/h5-7,9-16H,3-4,8,17H2,1-2H3. The van der Waals surface area contributed by atoms with E-state index in [0.29, 0.717) is 29.8 Å². The van der Waals surface area contributed by atoms with Gasteiger partial charge < -0.3 is 4.74 Å². The van der Waals surface area contributed by atoms with Crippen LogP contribution in [-0.4, -0.2) is 15.9 Å². The van der Waals surface area contributed by atoms with Crippen LogP contribution in [0.5, 0.6) is 5.75 Å². The second-order valence-corrected chi connectivity index (χ2v) is 9.89. The van der Waals surface area contributed by atoms with Crippen LogP contribution in [-0.2, 0) is 13.0 Å². The zero-order chi connectivity index (χ0) is 24.1. The fraction of sp³-hybridized carbons (Fsp3) is 0.222. The molecule has 1 heterocycles. The van der Waals surface area contributed by atoms with E-state index in [1.54, 1.807) is 12.3 Å². The van der Waals surface area contributed by atoms with Crippen LogP contribution in [0, 0.1) is 6.92 Å². The number of nitrogens with zero attached hydrogens (tertiary/aromatic N) is 3. The second-order valence-electron chi connectivity index (χ2n) is 8.12. The van der Waals surface area contributed by atoms with Gasteiger partial charge in [-0.05, 0) is 76.8 Å². The fourth-order valence-electron chi connectivity index (χ4n) is 3.61. The summed E-state index contributed by atoms with van der Waals surface area (Å²) in [6, 6.07) is 19.5. The molecule has 0 spiro atoms. The molecule has 0 saturated heterocycles. The van der Waals surface area contributed by atoms with E-state index in [0.717, 1.165) is 38.7 Å². The minimum absolute atomic E-state index is 0.175. The van der Waals surface area contributed by atoms with Gasteiger partial charge in [0.1, 0.15) is 18.2 Å². The highest BCUT2D eigenvalue weighted by molar-refractivity contribution is 9.10. The van der Waals surface area contributed by atoms with Crippen molar-refractivity contribution >= 4 is 49.0 Å². The highest BCUT2D eigenvalue weighted by atomic mass is 79.9. The summed E-state index contributed by atoms with van der Waals surface area (Å²) in [5.41, 5.74) is 3.68. The van der Waals surface area contributed by atoms with Crippen molar-refractivity contribution in [1.29, 1.82) is 0 Å². The van der Waals surface area contributed by atoms with Gasteiger partial charge in [-0.1, -0.05) is 59.1 Å². The SMILES string of the molecule is CCCCc1nc2ccc(Br)cc2c(=O)n1N=Cc1ccc(OCc2cccc(C)c2)c(Br)c1. The van der Waals surface area contributed by atoms with E-state index in [9.17, 15) is 4.79 Å². The van der Waals surface area contributed by atoms with Gasteiger partial charge in [0.15, 0.2) is 0 Å². The number of aromatic nitrogens is 2. The van der Waals surface area contributed by atoms with Crippen LogP contribution >= 0.6 is 31.9 Å². The molecule has 0 saturated carbocycles. The highest BCUT2D eigenvalue weighted by Crippen LogP contribution is 2.26. The topological polar surface area (TPSA) is 56.5 Å². The van der Waals surface area contributed by atoms with Crippen molar-refractivity contribution in [3.8, 4) is 5.75 Å². The van der Waals surface area contributed by atoms with Crippen molar-refractivity contribution in [3.05, 3.63) is 102 Å². The van der Waals surface area contributed by atoms with Crippen LogP contribution in [0.3, 0.4) is 0 Å². The van der Waals surface area contributed by atoms with Gasteiger partial charge in [-0.25, -0.2) is 4.98 Å². The molecular weight excluding hydrogens is 558 g/mol. The van der Waals surface area contributed by atoms with Crippen LogP contribution in [0.1, 0.15) is 42.3 Å². The van der Waals surface area contributed by atoms with Crippen molar-refractivity contribution < 1.29 is 4.74 Å². The second kappa shape index (κ2) is 11.1. The molecule has 3 aromatic carbocycles. The molecular formula is C27H25Br2N3O2. The molecule has 1 aromatic heterocycles. The van der Waals surface area contributed by atoms with Crippen molar-refractivity contribution in [1.82, 2.24) is 9.66 Å². The summed E-state index contributed by atoms with van der Waals surface area (Å²) in [7, 11) is 0. The van der Waals surface area contributed by atoms with Gasteiger partial charge in [-0.2, -0.15) is 9.78 Å². The summed E-state index contributed by atoms with van der Waals surface area (Å²) in [5.74, 6) is 1.41. The van der Waals surface area contributed by atoms with Gasteiger partial charge in [0, 0.05) is 10.9 Å². The number of rotatable bonds is 8. The molecule has 0 unspecified atom stereocenters. The Bertz CT molecular complexity index is 1410. The predicted octanol–water partition coefficient (Wildman–Crippen LogP) is 7.03. The van der Waals surface area contributed by atoms with Crippen LogP contribution in [0.2, 0.25) is 0 Å². The predicted molar refractivity (Wildman–Crippen MR) is 145 cm³/mol. The number of hydrogen-bond acceptors (Lipinski definition) is 4. The average Bonchev–Trinajstić information content (AvgIpc) is 2.82. The van der Waals surface area contributed by atoms with Crippen LogP contribution in [0.25, 0.3) is 10.9 Å². The molecule has 0 aliphatic heterocycles. The van der Waals surface area contributed by atoms with E-state index in [2.05, 4.69) is 62.9 Å². The monoisotopic (exact) mass is 581 g/mol. The maximum absolute atomic E-state index is 13.2. The first-order valence-corrected chi connectivity index (χ1v) is 12.8. The molecule has 0 aliphatic rings. The van der Waals surface area contributed by atoms with E-state index in [-0.39, 0.29) is 5.56 Å². The van der Waals surface area contributed by atoms with E-state index < -0.39 is 0 Å². The number of unbranched alkanes of at least 4 members (excludes halogenated alkanes) is 1. The summed E-state index contributed by atoms with van der Waals surface area (Å²) in [6.45, 7) is 4.67. The molecule has 0 atom stereocenters. The molecule has 7 heteroatoms. The quantitative estimate of drug-likeness (QED) is 0.209. The molecule has 174 valence electrons. The Hall–Kier alpha value is -2.77. The van der Waals surface area contributed by atoms with Gasteiger partial charge in [0.2, 0.25) is 0 Å². The minimum Gasteiger partial charge on any atom is -0.488 e. The van der Waals surface area contributed by atoms with E-state index in [4.69, 9.17) is 9.72 Å². The Morgan fingerprint density at radius 1 is 1.09 bits per heavy atom. The maximum atomic E-state index is 13.2. The normalized spacial score (nSPS) is 11.4.